The third-order valence-electron chi connectivity index (χ3n) is 3.52. The lowest BCUT2D eigenvalue weighted by molar-refractivity contribution is -0.393. The number of ketones is 1. The second kappa shape index (κ2) is 5.87. The van der Waals surface area contributed by atoms with E-state index in [0.717, 1.165) is 12.8 Å². The zero-order chi connectivity index (χ0) is 15.6. The molecule has 1 aromatic rings. The van der Waals surface area contributed by atoms with E-state index in [1.54, 1.807) is 0 Å². The van der Waals surface area contributed by atoms with Crippen LogP contribution in [0.3, 0.4) is 0 Å². The van der Waals surface area contributed by atoms with Crippen LogP contribution in [-0.2, 0) is 9.78 Å². The number of phenols is 2. The smallest absolute Gasteiger partial charge is 0.170 e. The molecule has 0 saturated carbocycles. The topological polar surface area (TPSA) is 76.0 Å². The molecule has 1 aliphatic heterocycles. The lowest BCUT2D eigenvalue weighted by Gasteiger charge is -2.33. The first-order valence-electron chi connectivity index (χ1n) is 6.86. The minimum absolute atomic E-state index is 0.0332. The van der Waals surface area contributed by atoms with Crippen molar-refractivity contribution in [1.82, 2.24) is 0 Å². The zero-order valence-electron chi connectivity index (χ0n) is 12.3. The Morgan fingerprint density at radius 2 is 2.14 bits per heavy atom. The highest BCUT2D eigenvalue weighted by atomic mass is 17.2. The number of Topliss-reactive ketones (excluding diaryl/α,β-unsaturated/α-hetero) is 1. The Morgan fingerprint density at radius 3 is 2.76 bits per heavy atom. The Balaban J connectivity index is 2.00. The van der Waals surface area contributed by atoms with Crippen LogP contribution in [0.25, 0.3) is 0 Å². The van der Waals surface area contributed by atoms with E-state index < -0.39 is 0 Å². The van der Waals surface area contributed by atoms with Crippen molar-refractivity contribution in [3.8, 4) is 11.5 Å². The largest absolute Gasteiger partial charge is 0.508 e. The zero-order valence-corrected chi connectivity index (χ0v) is 12.3. The molecule has 1 heterocycles. The van der Waals surface area contributed by atoms with Gasteiger partial charge in [-0.3, -0.25) is 4.79 Å². The molecule has 1 saturated heterocycles. The molecule has 0 spiro atoms. The molecule has 114 valence electrons. The quantitative estimate of drug-likeness (QED) is 0.386. The average molecular weight is 292 g/mol. The van der Waals surface area contributed by atoms with Crippen LogP contribution in [0.2, 0.25) is 0 Å². The molecule has 2 N–H and O–H groups in total. The Bertz CT molecular complexity index is 552. The summed E-state index contributed by atoms with van der Waals surface area (Å²) < 4.78 is 0. The van der Waals surface area contributed by atoms with E-state index >= 15 is 0 Å². The summed E-state index contributed by atoms with van der Waals surface area (Å²) in [5.41, 5.74) is 0.344. The molecule has 2 rings (SSSR count). The molecule has 1 aliphatic rings. The van der Waals surface area contributed by atoms with Gasteiger partial charge in [-0.25, -0.2) is 9.78 Å². The molecule has 5 nitrogen and oxygen atoms in total. The van der Waals surface area contributed by atoms with E-state index in [9.17, 15) is 15.0 Å². The van der Waals surface area contributed by atoms with Gasteiger partial charge in [0, 0.05) is 6.42 Å². The number of hydrogen-bond acceptors (Lipinski definition) is 5. The molecule has 0 aromatic heterocycles. The van der Waals surface area contributed by atoms with Crippen LogP contribution >= 0.6 is 0 Å². The highest BCUT2D eigenvalue weighted by molar-refractivity contribution is 6.00. The van der Waals surface area contributed by atoms with Gasteiger partial charge in [0.2, 0.25) is 0 Å². The van der Waals surface area contributed by atoms with E-state index in [4.69, 9.17) is 9.78 Å². The molecule has 0 unspecified atom stereocenters. The van der Waals surface area contributed by atoms with Crippen LogP contribution in [0.15, 0.2) is 30.4 Å². The maximum Gasteiger partial charge on any atom is 0.170 e. The van der Waals surface area contributed by atoms with Gasteiger partial charge < -0.3 is 10.2 Å². The van der Waals surface area contributed by atoms with Crippen LogP contribution in [-0.4, -0.2) is 27.7 Å². The van der Waals surface area contributed by atoms with Crippen molar-refractivity contribution < 1.29 is 24.8 Å². The van der Waals surface area contributed by atoms with Crippen molar-refractivity contribution in [3.05, 3.63) is 35.9 Å². The number of hydrogen-bond donors (Lipinski definition) is 2. The third-order valence-corrected chi connectivity index (χ3v) is 3.52. The fraction of sp³-hybridized carbons (Fsp3) is 0.438. The second-order valence-electron chi connectivity index (χ2n) is 5.93. The molecule has 1 fully saturated rings. The summed E-state index contributed by atoms with van der Waals surface area (Å²) in [5.74, 6) is -0.546. The average Bonchev–Trinajstić information content (AvgIpc) is 2.41. The molecule has 1 atom stereocenters. The van der Waals surface area contributed by atoms with Crippen molar-refractivity contribution in [2.75, 3.05) is 0 Å². The van der Waals surface area contributed by atoms with E-state index in [1.165, 1.54) is 18.2 Å². The summed E-state index contributed by atoms with van der Waals surface area (Å²) in [6.45, 7) is 7.74. The van der Waals surface area contributed by atoms with Crippen LogP contribution in [0.4, 0.5) is 0 Å². The van der Waals surface area contributed by atoms with E-state index in [1.807, 2.05) is 13.8 Å². The lowest BCUT2D eigenvalue weighted by Crippen LogP contribution is -2.35. The Kier molecular flexibility index (Phi) is 4.34. The highest BCUT2D eigenvalue weighted by Gasteiger charge is 2.31. The molecular weight excluding hydrogens is 272 g/mol. The lowest BCUT2D eigenvalue weighted by atomic mass is 9.93. The number of aromatic hydroxyl groups is 2. The van der Waals surface area contributed by atoms with Crippen molar-refractivity contribution >= 4 is 5.78 Å². The van der Waals surface area contributed by atoms with Gasteiger partial charge in [0.05, 0.1) is 11.2 Å². The Hall–Kier alpha value is -1.85. The Morgan fingerprint density at radius 1 is 1.43 bits per heavy atom. The molecule has 0 aliphatic carbocycles. The van der Waals surface area contributed by atoms with E-state index in [0.29, 0.717) is 5.57 Å². The summed E-state index contributed by atoms with van der Waals surface area (Å²) in [6.07, 6.45) is 1.24. The van der Waals surface area contributed by atoms with Gasteiger partial charge in [-0.2, -0.15) is 0 Å². The maximum absolute atomic E-state index is 12.2. The first-order chi connectivity index (χ1) is 9.78. The van der Waals surface area contributed by atoms with Gasteiger partial charge in [-0.1, -0.05) is 6.58 Å². The molecular formula is C16H20O5. The fourth-order valence-electron chi connectivity index (χ4n) is 2.19. The normalized spacial score (nSPS) is 21.0. The number of rotatable bonds is 4. The van der Waals surface area contributed by atoms with Crippen LogP contribution < -0.4 is 0 Å². The fourth-order valence-corrected chi connectivity index (χ4v) is 2.19. The van der Waals surface area contributed by atoms with E-state index in [2.05, 4.69) is 6.58 Å². The maximum atomic E-state index is 12.2. The predicted octanol–water partition coefficient (Wildman–Crippen LogP) is 3.12. The number of carbonyl (C=O) groups excluding carboxylic acids is 1. The van der Waals surface area contributed by atoms with Crippen molar-refractivity contribution in [3.63, 3.8) is 0 Å². The van der Waals surface area contributed by atoms with Crippen LogP contribution in [0, 0.1) is 0 Å². The monoisotopic (exact) mass is 292 g/mol. The standard InChI is InChI=1S/C16H20O5/c1-10(15-6-7-16(2,3)21-20-15)8-14(19)12-9-11(17)4-5-13(12)18/h4-5,9,15,17-18H,1,6-8H2,2-3H3/t15-/m0/s1. The minimum atomic E-state index is -0.332. The van der Waals surface area contributed by atoms with Gasteiger partial charge in [0.15, 0.2) is 5.78 Å². The van der Waals surface area contributed by atoms with Gasteiger partial charge >= 0.3 is 0 Å². The molecule has 5 heteroatoms. The first-order valence-corrected chi connectivity index (χ1v) is 6.86. The minimum Gasteiger partial charge on any atom is -0.508 e. The molecule has 0 radical (unpaired) electrons. The van der Waals surface area contributed by atoms with Crippen molar-refractivity contribution in [2.45, 2.75) is 44.8 Å². The SMILES string of the molecule is C=C(CC(=O)c1cc(O)ccc1O)[C@@H]1CCC(C)(C)OO1. The summed E-state index contributed by atoms with van der Waals surface area (Å²) >= 11 is 0. The van der Waals surface area contributed by atoms with Gasteiger partial charge in [0.1, 0.15) is 17.6 Å². The van der Waals surface area contributed by atoms with Crippen LogP contribution in [0.1, 0.15) is 43.5 Å². The van der Waals surface area contributed by atoms with Gasteiger partial charge in [-0.05, 0) is 50.5 Å². The molecule has 0 bridgehead atoms. The van der Waals surface area contributed by atoms with Crippen molar-refractivity contribution in [2.24, 2.45) is 0 Å². The second-order valence-corrected chi connectivity index (χ2v) is 5.93. The number of phenolic OH excluding ortho intramolecular Hbond substituents is 2. The Labute approximate surface area is 123 Å². The number of carbonyl (C=O) groups is 1. The van der Waals surface area contributed by atoms with Gasteiger partial charge in [-0.15, -0.1) is 0 Å². The van der Waals surface area contributed by atoms with Crippen molar-refractivity contribution in [1.29, 1.82) is 0 Å². The predicted molar refractivity (Wildman–Crippen MR) is 77.1 cm³/mol. The third kappa shape index (κ3) is 3.83. The first kappa shape index (κ1) is 15.5. The summed E-state index contributed by atoms with van der Waals surface area (Å²) in [5, 5.41) is 19.1. The summed E-state index contributed by atoms with van der Waals surface area (Å²) in [7, 11) is 0. The highest BCUT2D eigenvalue weighted by Crippen LogP contribution is 2.31. The molecule has 0 amide bonds. The van der Waals surface area contributed by atoms with Crippen LogP contribution in [0.5, 0.6) is 11.5 Å². The molecule has 21 heavy (non-hydrogen) atoms. The molecule has 1 aromatic carbocycles. The number of benzene rings is 1. The van der Waals surface area contributed by atoms with Gasteiger partial charge in [0.25, 0.3) is 0 Å². The summed E-state index contributed by atoms with van der Waals surface area (Å²) in [4.78, 5) is 22.7. The van der Waals surface area contributed by atoms with E-state index in [-0.39, 0.29) is 41.0 Å². The summed E-state index contributed by atoms with van der Waals surface area (Å²) in [6, 6.07) is 3.85.